The van der Waals surface area contributed by atoms with Crippen molar-refractivity contribution in [3.8, 4) is 0 Å². The number of hydrogen-bond acceptors (Lipinski definition) is 2. The molecule has 2 nitrogen and oxygen atoms in total. The predicted octanol–water partition coefficient (Wildman–Crippen LogP) is 5.54. The smallest absolute Gasteiger partial charge is 0.169 e. The summed E-state index contributed by atoms with van der Waals surface area (Å²) in [5, 5.41) is 3.48. The number of benzene rings is 1. The minimum atomic E-state index is 0.141. The van der Waals surface area contributed by atoms with Gasteiger partial charge in [-0.2, -0.15) is 0 Å². The van der Waals surface area contributed by atoms with Crippen molar-refractivity contribution in [3.05, 3.63) is 50.8 Å². The van der Waals surface area contributed by atoms with Crippen LogP contribution >= 0.6 is 31.9 Å². The Labute approximate surface area is 124 Å². The first-order valence-electron chi connectivity index (χ1n) is 5.90. The van der Waals surface area contributed by atoms with E-state index in [2.05, 4.69) is 63.2 Å². The number of hydrogen-bond donors (Lipinski definition) is 1. The van der Waals surface area contributed by atoms with E-state index in [9.17, 15) is 0 Å². The SMILES string of the molecule is CCc1cc(Br)ccc1NC(C)c1ccc(Br)o1. The quantitative estimate of drug-likeness (QED) is 0.762. The second-order valence-electron chi connectivity index (χ2n) is 4.16. The van der Waals surface area contributed by atoms with Crippen LogP contribution < -0.4 is 5.32 Å². The summed E-state index contributed by atoms with van der Waals surface area (Å²) in [7, 11) is 0. The maximum absolute atomic E-state index is 5.56. The maximum Gasteiger partial charge on any atom is 0.169 e. The third-order valence-electron chi connectivity index (χ3n) is 2.84. The van der Waals surface area contributed by atoms with E-state index in [1.807, 2.05) is 18.2 Å². The summed E-state index contributed by atoms with van der Waals surface area (Å²) in [4.78, 5) is 0. The zero-order valence-electron chi connectivity index (χ0n) is 10.3. The molecule has 1 N–H and O–H groups in total. The lowest BCUT2D eigenvalue weighted by Gasteiger charge is -2.16. The summed E-state index contributed by atoms with van der Waals surface area (Å²) in [6.45, 7) is 4.24. The highest BCUT2D eigenvalue weighted by Crippen LogP contribution is 2.27. The Morgan fingerprint density at radius 2 is 2.00 bits per heavy atom. The van der Waals surface area contributed by atoms with Crippen LogP contribution in [0.4, 0.5) is 5.69 Å². The van der Waals surface area contributed by atoms with Crippen molar-refractivity contribution in [2.45, 2.75) is 26.3 Å². The van der Waals surface area contributed by atoms with Crippen molar-refractivity contribution in [1.29, 1.82) is 0 Å². The minimum Gasteiger partial charge on any atom is -0.452 e. The molecule has 1 aromatic carbocycles. The predicted molar refractivity (Wildman–Crippen MR) is 82.0 cm³/mol. The molecule has 96 valence electrons. The summed E-state index contributed by atoms with van der Waals surface area (Å²) >= 11 is 6.82. The molecule has 1 aromatic heterocycles. The van der Waals surface area contributed by atoms with E-state index in [1.54, 1.807) is 0 Å². The van der Waals surface area contributed by atoms with Crippen molar-refractivity contribution in [2.75, 3.05) is 5.32 Å². The summed E-state index contributed by atoms with van der Waals surface area (Å²) < 4.78 is 7.43. The molecule has 0 bridgehead atoms. The maximum atomic E-state index is 5.56. The van der Waals surface area contributed by atoms with E-state index in [0.717, 1.165) is 27.0 Å². The lowest BCUT2D eigenvalue weighted by Crippen LogP contribution is -2.07. The van der Waals surface area contributed by atoms with Crippen LogP contribution in [0.15, 0.2) is 43.9 Å². The van der Waals surface area contributed by atoms with Gasteiger partial charge in [0, 0.05) is 10.2 Å². The van der Waals surface area contributed by atoms with E-state index in [4.69, 9.17) is 4.42 Å². The molecule has 0 saturated heterocycles. The van der Waals surface area contributed by atoms with Crippen LogP contribution in [0.25, 0.3) is 0 Å². The minimum absolute atomic E-state index is 0.141. The largest absolute Gasteiger partial charge is 0.452 e. The number of furan rings is 1. The Morgan fingerprint density at radius 3 is 2.61 bits per heavy atom. The van der Waals surface area contributed by atoms with Crippen molar-refractivity contribution in [2.24, 2.45) is 0 Å². The molecule has 0 aliphatic heterocycles. The number of aryl methyl sites for hydroxylation is 1. The molecule has 2 aromatic rings. The second-order valence-corrected chi connectivity index (χ2v) is 5.86. The number of rotatable bonds is 4. The van der Waals surface area contributed by atoms with Gasteiger partial charge in [0.25, 0.3) is 0 Å². The molecule has 1 heterocycles. The number of nitrogens with one attached hydrogen (secondary N) is 1. The molecule has 4 heteroatoms. The molecular weight excluding hydrogens is 358 g/mol. The Kier molecular flexibility index (Phi) is 4.51. The summed E-state index contributed by atoms with van der Waals surface area (Å²) in [5.74, 6) is 0.923. The fourth-order valence-corrected chi connectivity index (χ4v) is 2.59. The van der Waals surface area contributed by atoms with E-state index < -0.39 is 0 Å². The van der Waals surface area contributed by atoms with Gasteiger partial charge in [-0.05, 0) is 65.2 Å². The van der Waals surface area contributed by atoms with Gasteiger partial charge in [0.15, 0.2) is 4.67 Å². The average Bonchev–Trinajstić information content (AvgIpc) is 2.78. The van der Waals surface area contributed by atoms with Crippen LogP contribution in [0, 0.1) is 0 Å². The summed E-state index contributed by atoms with van der Waals surface area (Å²) in [6.07, 6.45) is 0.996. The van der Waals surface area contributed by atoms with Gasteiger partial charge in [-0.1, -0.05) is 22.9 Å². The van der Waals surface area contributed by atoms with Gasteiger partial charge < -0.3 is 9.73 Å². The lowest BCUT2D eigenvalue weighted by molar-refractivity contribution is 0.471. The lowest BCUT2D eigenvalue weighted by atomic mass is 10.1. The Morgan fingerprint density at radius 1 is 1.22 bits per heavy atom. The average molecular weight is 373 g/mol. The van der Waals surface area contributed by atoms with Gasteiger partial charge >= 0.3 is 0 Å². The van der Waals surface area contributed by atoms with Gasteiger partial charge in [-0.25, -0.2) is 0 Å². The highest BCUT2D eigenvalue weighted by Gasteiger charge is 2.11. The van der Waals surface area contributed by atoms with E-state index in [-0.39, 0.29) is 6.04 Å². The summed E-state index contributed by atoms with van der Waals surface area (Å²) in [6, 6.07) is 10.3. The van der Waals surface area contributed by atoms with E-state index >= 15 is 0 Å². The zero-order valence-corrected chi connectivity index (χ0v) is 13.5. The van der Waals surface area contributed by atoms with Crippen molar-refractivity contribution >= 4 is 37.5 Å². The number of halogens is 2. The van der Waals surface area contributed by atoms with Gasteiger partial charge in [0.1, 0.15) is 5.76 Å². The Bertz CT molecular complexity index is 536. The highest BCUT2D eigenvalue weighted by atomic mass is 79.9. The van der Waals surface area contributed by atoms with Crippen molar-refractivity contribution in [1.82, 2.24) is 0 Å². The first-order chi connectivity index (χ1) is 8.60. The van der Waals surface area contributed by atoms with E-state index in [0.29, 0.717) is 0 Å². The van der Waals surface area contributed by atoms with E-state index in [1.165, 1.54) is 5.56 Å². The zero-order chi connectivity index (χ0) is 13.1. The Balaban J connectivity index is 2.18. The molecule has 1 unspecified atom stereocenters. The topological polar surface area (TPSA) is 25.2 Å². The fraction of sp³-hybridized carbons (Fsp3) is 0.286. The first kappa shape index (κ1) is 13.7. The normalized spacial score (nSPS) is 12.4. The first-order valence-corrected chi connectivity index (χ1v) is 7.49. The Hall–Kier alpha value is -0.740. The molecular formula is C14H15Br2NO. The molecule has 0 radical (unpaired) electrons. The van der Waals surface area contributed by atoms with Crippen LogP contribution in [0.5, 0.6) is 0 Å². The molecule has 0 aliphatic rings. The fourth-order valence-electron chi connectivity index (χ4n) is 1.86. The molecule has 0 amide bonds. The number of anilines is 1. The molecule has 0 saturated carbocycles. The van der Waals surface area contributed by atoms with Gasteiger partial charge in [-0.3, -0.25) is 0 Å². The molecule has 18 heavy (non-hydrogen) atoms. The van der Waals surface area contributed by atoms with Gasteiger partial charge in [-0.15, -0.1) is 0 Å². The third kappa shape index (κ3) is 3.18. The molecule has 0 spiro atoms. The second kappa shape index (κ2) is 5.93. The van der Waals surface area contributed by atoms with Crippen molar-refractivity contribution in [3.63, 3.8) is 0 Å². The summed E-state index contributed by atoms with van der Waals surface area (Å²) in [5.41, 5.74) is 2.45. The molecule has 0 aliphatic carbocycles. The van der Waals surface area contributed by atoms with Crippen molar-refractivity contribution < 1.29 is 4.42 Å². The highest BCUT2D eigenvalue weighted by molar-refractivity contribution is 9.10. The third-order valence-corrected chi connectivity index (χ3v) is 3.76. The monoisotopic (exact) mass is 371 g/mol. The molecule has 0 fully saturated rings. The van der Waals surface area contributed by atoms with Gasteiger partial charge in [0.05, 0.1) is 6.04 Å². The standard InChI is InChI=1S/C14H15Br2NO/c1-3-10-8-11(15)4-5-12(10)17-9(2)13-6-7-14(16)18-13/h4-9,17H,3H2,1-2H3. The van der Waals surface area contributed by atoms with Crippen LogP contribution in [-0.4, -0.2) is 0 Å². The van der Waals surface area contributed by atoms with Crippen LogP contribution in [0.3, 0.4) is 0 Å². The molecule has 2 rings (SSSR count). The van der Waals surface area contributed by atoms with Crippen LogP contribution in [0.2, 0.25) is 0 Å². The van der Waals surface area contributed by atoms with Gasteiger partial charge in [0.2, 0.25) is 0 Å². The molecule has 1 atom stereocenters. The van der Waals surface area contributed by atoms with Crippen LogP contribution in [0.1, 0.15) is 31.2 Å². The van der Waals surface area contributed by atoms with Crippen LogP contribution in [-0.2, 0) is 6.42 Å².